The van der Waals surface area contributed by atoms with E-state index in [-0.39, 0.29) is 5.75 Å². The number of sulfone groups is 1. The summed E-state index contributed by atoms with van der Waals surface area (Å²) in [5.41, 5.74) is 0.649. The van der Waals surface area contributed by atoms with Crippen LogP contribution in [-0.4, -0.2) is 24.4 Å². The lowest BCUT2D eigenvalue weighted by Crippen LogP contribution is -2.03. The van der Waals surface area contributed by atoms with Crippen molar-refractivity contribution in [1.82, 2.24) is 10.2 Å². The zero-order valence-corrected chi connectivity index (χ0v) is 10.4. The molecule has 2 rings (SSSR count). The molecule has 4 nitrogen and oxygen atoms in total. The van der Waals surface area contributed by atoms with E-state index in [1.165, 1.54) is 0 Å². The Balaban J connectivity index is 2.67. The lowest BCUT2D eigenvalue weighted by Gasteiger charge is -2.00. The number of nitrogens with one attached hydrogen (secondary N) is 1. The van der Waals surface area contributed by atoms with Crippen LogP contribution < -0.4 is 0 Å². The minimum atomic E-state index is -3.15. The second-order valence-electron chi connectivity index (χ2n) is 3.12. The Hall–Kier alpha value is -0.880. The van der Waals surface area contributed by atoms with Gasteiger partial charge in [0.15, 0.2) is 9.84 Å². The van der Waals surface area contributed by atoms with Gasteiger partial charge >= 0.3 is 0 Å². The number of aromatic nitrogens is 2. The van der Waals surface area contributed by atoms with Gasteiger partial charge in [-0.15, -0.1) is 0 Å². The van der Waals surface area contributed by atoms with Crippen LogP contribution in [0.3, 0.4) is 0 Å². The van der Waals surface area contributed by atoms with Crippen molar-refractivity contribution in [2.45, 2.75) is 11.8 Å². The van der Waals surface area contributed by atoms with Crippen molar-refractivity contribution in [2.75, 3.05) is 5.75 Å². The molecule has 0 aliphatic heterocycles. The Kier molecular flexibility index (Phi) is 2.56. The number of H-pyrrole nitrogens is 1. The van der Waals surface area contributed by atoms with Crippen LogP contribution in [0.4, 0.5) is 0 Å². The molecule has 0 aliphatic rings. The van der Waals surface area contributed by atoms with E-state index >= 15 is 0 Å². The van der Waals surface area contributed by atoms with Crippen molar-refractivity contribution in [3.63, 3.8) is 0 Å². The average Bonchev–Trinajstić information content (AvgIpc) is 2.60. The van der Waals surface area contributed by atoms with Crippen molar-refractivity contribution in [1.29, 1.82) is 0 Å². The highest BCUT2D eigenvalue weighted by molar-refractivity contribution is 9.10. The maximum Gasteiger partial charge on any atom is 0.178 e. The van der Waals surface area contributed by atoms with E-state index in [1.54, 1.807) is 25.1 Å². The third-order valence-electron chi connectivity index (χ3n) is 2.22. The molecule has 80 valence electrons. The Morgan fingerprint density at radius 1 is 1.47 bits per heavy atom. The first-order chi connectivity index (χ1) is 7.04. The number of aromatic amines is 1. The molecule has 0 atom stereocenters. The molecular weight excluding hydrogens is 280 g/mol. The van der Waals surface area contributed by atoms with Crippen LogP contribution in [-0.2, 0) is 9.84 Å². The van der Waals surface area contributed by atoms with E-state index < -0.39 is 9.84 Å². The second-order valence-corrected chi connectivity index (χ2v) is 6.19. The monoisotopic (exact) mass is 288 g/mol. The normalized spacial score (nSPS) is 12.1. The van der Waals surface area contributed by atoms with Gasteiger partial charge in [-0.3, -0.25) is 5.10 Å². The maximum absolute atomic E-state index is 11.6. The number of rotatable bonds is 2. The molecule has 0 amide bonds. The second kappa shape index (κ2) is 3.61. The van der Waals surface area contributed by atoms with E-state index in [0.29, 0.717) is 10.4 Å². The number of hydrogen-bond acceptors (Lipinski definition) is 3. The summed E-state index contributed by atoms with van der Waals surface area (Å²) in [5, 5.41) is 7.62. The number of fused-ring (bicyclic) bond motifs is 1. The van der Waals surface area contributed by atoms with E-state index in [4.69, 9.17) is 0 Å². The van der Waals surface area contributed by atoms with Crippen LogP contribution in [0.15, 0.2) is 27.7 Å². The fraction of sp³-hybridized carbons (Fsp3) is 0.222. The van der Waals surface area contributed by atoms with Crippen molar-refractivity contribution in [3.05, 3.63) is 22.8 Å². The summed E-state index contributed by atoms with van der Waals surface area (Å²) >= 11 is 3.29. The molecule has 1 aromatic heterocycles. The third kappa shape index (κ3) is 1.79. The molecule has 15 heavy (non-hydrogen) atoms. The Morgan fingerprint density at radius 2 is 2.20 bits per heavy atom. The highest BCUT2D eigenvalue weighted by atomic mass is 79.9. The summed E-state index contributed by atoms with van der Waals surface area (Å²) in [6, 6.07) is 4.92. The van der Waals surface area contributed by atoms with Crippen molar-refractivity contribution < 1.29 is 8.42 Å². The molecule has 0 saturated carbocycles. The van der Waals surface area contributed by atoms with Crippen LogP contribution in [0.25, 0.3) is 10.9 Å². The molecule has 0 unspecified atom stereocenters. The minimum absolute atomic E-state index is 0.101. The lowest BCUT2D eigenvalue weighted by molar-refractivity contribution is 0.597. The van der Waals surface area contributed by atoms with Crippen molar-refractivity contribution in [2.24, 2.45) is 0 Å². The smallest absolute Gasteiger partial charge is 0.178 e. The summed E-state index contributed by atoms with van der Waals surface area (Å²) in [6.45, 7) is 1.62. The predicted molar refractivity (Wildman–Crippen MR) is 61.5 cm³/mol. The van der Waals surface area contributed by atoms with E-state index in [1.807, 2.05) is 0 Å². The predicted octanol–water partition coefficient (Wildman–Crippen LogP) is 2.12. The molecule has 0 saturated heterocycles. The van der Waals surface area contributed by atoms with Gasteiger partial charge in [-0.2, -0.15) is 5.10 Å². The van der Waals surface area contributed by atoms with Crippen LogP contribution in [0.5, 0.6) is 0 Å². The summed E-state index contributed by atoms with van der Waals surface area (Å²) in [7, 11) is -3.15. The fourth-order valence-electron chi connectivity index (χ4n) is 1.32. The summed E-state index contributed by atoms with van der Waals surface area (Å²) in [6.07, 6.45) is 0. The Bertz CT molecular complexity index is 604. The van der Waals surface area contributed by atoms with E-state index in [2.05, 4.69) is 26.1 Å². The first-order valence-corrected chi connectivity index (χ1v) is 6.85. The molecule has 1 N–H and O–H groups in total. The van der Waals surface area contributed by atoms with Crippen LogP contribution >= 0.6 is 15.9 Å². The van der Waals surface area contributed by atoms with Crippen LogP contribution in [0, 0.1) is 0 Å². The zero-order chi connectivity index (χ0) is 11.1. The Morgan fingerprint density at radius 3 is 2.87 bits per heavy atom. The number of benzene rings is 1. The van der Waals surface area contributed by atoms with Gasteiger partial charge in [0.05, 0.1) is 16.2 Å². The first-order valence-electron chi connectivity index (χ1n) is 4.41. The SMILES string of the molecule is CCS(=O)(=O)c1ccc2c(Br)[nH]nc2c1. The third-order valence-corrected chi connectivity index (χ3v) is 4.56. The van der Waals surface area contributed by atoms with Gasteiger partial charge in [-0.1, -0.05) is 6.92 Å². The van der Waals surface area contributed by atoms with Crippen molar-refractivity contribution >= 4 is 36.7 Å². The molecule has 0 fully saturated rings. The summed E-state index contributed by atoms with van der Waals surface area (Å²) in [4.78, 5) is 0.316. The summed E-state index contributed by atoms with van der Waals surface area (Å²) in [5.74, 6) is 0.101. The molecule has 0 radical (unpaired) electrons. The molecule has 0 spiro atoms. The van der Waals surface area contributed by atoms with Gasteiger partial charge in [0, 0.05) is 5.39 Å². The molecule has 1 aromatic carbocycles. The van der Waals surface area contributed by atoms with Gasteiger partial charge in [-0.05, 0) is 34.1 Å². The van der Waals surface area contributed by atoms with Crippen molar-refractivity contribution in [3.8, 4) is 0 Å². The highest BCUT2D eigenvalue weighted by Crippen LogP contribution is 2.23. The summed E-state index contributed by atoms with van der Waals surface area (Å²) < 4.78 is 24.0. The standard InChI is InChI=1S/C9H9BrN2O2S/c1-2-15(13,14)6-3-4-7-8(5-6)11-12-9(7)10/h3-5H,2H2,1H3,(H,11,12). The maximum atomic E-state index is 11.6. The fourth-order valence-corrected chi connectivity index (χ4v) is 2.64. The zero-order valence-electron chi connectivity index (χ0n) is 7.99. The average molecular weight is 289 g/mol. The van der Waals surface area contributed by atoms with Crippen LogP contribution in [0.1, 0.15) is 6.92 Å². The highest BCUT2D eigenvalue weighted by Gasteiger charge is 2.13. The molecule has 0 bridgehead atoms. The molecule has 6 heteroatoms. The topological polar surface area (TPSA) is 62.8 Å². The quantitative estimate of drug-likeness (QED) is 0.921. The number of nitrogens with zero attached hydrogens (tertiary/aromatic N) is 1. The van der Waals surface area contributed by atoms with E-state index in [0.717, 1.165) is 9.99 Å². The minimum Gasteiger partial charge on any atom is -0.270 e. The first kappa shape index (κ1) is 10.6. The molecule has 2 aromatic rings. The van der Waals surface area contributed by atoms with Gasteiger partial charge < -0.3 is 0 Å². The van der Waals surface area contributed by atoms with Gasteiger partial charge in [0.2, 0.25) is 0 Å². The molecule has 1 heterocycles. The lowest BCUT2D eigenvalue weighted by atomic mass is 10.3. The van der Waals surface area contributed by atoms with Gasteiger partial charge in [0.25, 0.3) is 0 Å². The largest absolute Gasteiger partial charge is 0.270 e. The number of halogens is 1. The molecule has 0 aliphatic carbocycles. The Labute approximate surface area is 95.7 Å². The van der Waals surface area contributed by atoms with Gasteiger partial charge in [-0.25, -0.2) is 8.42 Å². The van der Waals surface area contributed by atoms with E-state index in [9.17, 15) is 8.42 Å². The number of hydrogen-bond donors (Lipinski definition) is 1. The van der Waals surface area contributed by atoms with Crippen LogP contribution in [0.2, 0.25) is 0 Å². The molecular formula is C9H9BrN2O2S. The van der Waals surface area contributed by atoms with Gasteiger partial charge in [0.1, 0.15) is 4.60 Å².